The Morgan fingerprint density at radius 3 is 2.48 bits per heavy atom. The second kappa shape index (κ2) is 13.1. The van der Waals surface area contributed by atoms with E-state index in [4.69, 9.17) is 26.8 Å². The molecule has 0 amide bonds. The van der Waals surface area contributed by atoms with Crippen LogP contribution in [-0.4, -0.2) is 37.5 Å². The minimum atomic E-state index is 0. The van der Waals surface area contributed by atoms with Crippen LogP contribution in [0.3, 0.4) is 0 Å². The largest absolute Gasteiger partial charge is 0.497 e. The zero-order valence-corrected chi connectivity index (χ0v) is 21.4. The number of rotatable bonds is 10. The minimum absolute atomic E-state index is 0. The molecule has 5 nitrogen and oxygen atoms in total. The molecular formula is C26H36Cl2N2O3. The highest BCUT2D eigenvalue weighted by molar-refractivity contribution is 6.33. The standard InChI is InChI=1S/C26H35ClN2O3.ClH/c1-18-10-13-29(14-11-18)25(9-4-19(2)30)22-16-23(27)24(28)17-26(22)32-15-12-20-5-7-21(31-3)8-6-20;/h5-8,16-18,25H,4,9-15,28H2,1-3H3;1H. The van der Waals surface area contributed by atoms with E-state index in [9.17, 15) is 4.79 Å². The van der Waals surface area contributed by atoms with Gasteiger partial charge in [0.1, 0.15) is 17.3 Å². The number of piperidine rings is 1. The van der Waals surface area contributed by atoms with Crippen LogP contribution in [0.2, 0.25) is 5.02 Å². The monoisotopic (exact) mass is 494 g/mol. The molecule has 1 heterocycles. The normalized spacial score (nSPS) is 15.5. The lowest BCUT2D eigenvalue weighted by molar-refractivity contribution is -0.117. The van der Waals surface area contributed by atoms with Gasteiger partial charge in [-0.2, -0.15) is 0 Å². The van der Waals surface area contributed by atoms with E-state index >= 15 is 0 Å². The lowest BCUT2D eigenvalue weighted by Gasteiger charge is -2.37. The maximum atomic E-state index is 11.8. The first-order valence-corrected chi connectivity index (χ1v) is 11.8. The average Bonchev–Trinajstić information content (AvgIpc) is 2.78. The Balaban J connectivity index is 0.00000385. The highest BCUT2D eigenvalue weighted by Crippen LogP contribution is 2.39. The SMILES string of the molecule is COc1ccc(CCOc2cc(N)c(Cl)cc2C(CCC(C)=O)N2CCC(C)CC2)cc1.Cl. The predicted octanol–water partition coefficient (Wildman–Crippen LogP) is 6.12. The number of Topliss-reactive ketones (excluding diaryl/α,β-unsaturated/α-hetero) is 1. The first-order chi connectivity index (χ1) is 15.4. The Morgan fingerprint density at radius 1 is 1.21 bits per heavy atom. The third-order valence-electron chi connectivity index (χ3n) is 6.32. The second-order valence-electron chi connectivity index (χ2n) is 8.83. The number of ketones is 1. The highest BCUT2D eigenvalue weighted by atomic mass is 35.5. The quantitative estimate of drug-likeness (QED) is 0.403. The molecule has 182 valence electrons. The summed E-state index contributed by atoms with van der Waals surface area (Å²) in [5.74, 6) is 2.53. The van der Waals surface area contributed by atoms with Gasteiger partial charge in [-0.3, -0.25) is 4.90 Å². The van der Waals surface area contributed by atoms with Crippen LogP contribution >= 0.6 is 24.0 Å². The van der Waals surface area contributed by atoms with Crippen molar-refractivity contribution >= 4 is 35.5 Å². The zero-order chi connectivity index (χ0) is 23.1. The molecular weight excluding hydrogens is 459 g/mol. The van der Waals surface area contributed by atoms with E-state index in [1.165, 1.54) is 5.56 Å². The molecule has 33 heavy (non-hydrogen) atoms. The molecule has 0 radical (unpaired) electrons. The summed E-state index contributed by atoms with van der Waals surface area (Å²) in [6.07, 6.45) is 4.37. The van der Waals surface area contributed by atoms with E-state index in [1.807, 2.05) is 36.4 Å². The molecule has 2 aromatic carbocycles. The van der Waals surface area contributed by atoms with Gasteiger partial charge < -0.3 is 20.0 Å². The molecule has 7 heteroatoms. The van der Waals surface area contributed by atoms with Gasteiger partial charge in [0, 0.05) is 30.5 Å². The van der Waals surface area contributed by atoms with Gasteiger partial charge >= 0.3 is 0 Å². The Labute approximate surface area is 209 Å². The van der Waals surface area contributed by atoms with Gasteiger partial charge in [-0.1, -0.05) is 30.7 Å². The smallest absolute Gasteiger partial charge is 0.129 e. The fourth-order valence-electron chi connectivity index (χ4n) is 4.26. The van der Waals surface area contributed by atoms with Crippen LogP contribution in [0, 0.1) is 5.92 Å². The molecule has 0 aromatic heterocycles. The molecule has 0 saturated carbocycles. The van der Waals surface area contributed by atoms with Crippen molar-refractivity contribution in [1.29, 1.82) is 0 Å². The number of anilines is 1. The van der Waals surface area contributed by atoms with Gasteiger partial charge in [0.25, 0.3) is 0 Å². The number of carbonyl (C=O) groups is 1. The summed E-state index contributed by atoms with van der Waals surface area (Å²) in [6.45, 7) is 6.50. The van der Waals surface area contributed by atoms with Crippen LogP contribution in [-0.2, 0) is 11.2 Å². The molecule has 0 spiro atoms. The first-order valence-electron chi connectivity index (χ1n) is 11.5. The maximum Gasteiger partial charge on any atom is 0.129 e. The topological polar surface area (TPSA) is 64.8 Å². The summed E-state index contributed by atoms with van der Waals surface area (Å²) < 4.78 is 11.5. The van der Waals surface area contributed by atoms with E-state index in [0.29, 0.717) is 23.7 Å². The summed E-state index contributed by atoms with van der Waals surface area (Å²) in [7, 11) is 1.66. The molecule has 1 aliphatic heterocycles. The Morgan fingerprint density at radius 2 is 1.88 bits per heavy atom. The van der Waals surface area contributed by atoms with Crippen LogP contribution < -0.4 is 15.2 Å². The molecule has 2 aromatic rings. The number of nitrogens with two attached hydrogens (primary N) is 1. The van der Waals surface area contributed by atoms with Crippen LogP contribution in [0.1, 0.15) is 56.7 Å². The van der Waals surface area contributed by atoms with Crippen molar-refractivity contribution in [3.8, 4) is 11.5 Å². The van der Waals surface area contributed by atoms with Crippen molar-refractivity contribution in [3.63, 3.8) is 0 Å². The maximum absolute atomic E-state index is 11.8. The summed E-state index contributed by atoms with van der Waals surface area (Å²) in [4.78, 5) is 14.3. The van der Waals surface area contributed by atoms with E-state index in [1.54, 1.807) is 14.0 Å². The highest BCUT2D eigenvalue weighted by Gasteiger charge is 2.28. The number of benzene rings is 2. The molecule has 0 bridgehead atoms. The van der Waals surface area contributed by atoms with Crippen molar-refractivity contribution < 1.29 is 14.3 Å². The van der Waals surface area contributed by atoms with Crippen LogP contribution in [0.25, 0.3) is 0 Å². The first kappa shape index (κ1) is 27.3. The van der Waals surface area contributed by atoms with Gasteiger partial charge in [0.15, 0.2) is 0 Å². The van der Waals surface area contributed by atoms with Crippen molar-refractivity contribution in [2.24, 2.45) is 5.92 Å². The van der Waals surface area contributed by atoms with Crippen molar-refractivity contribution in [2.45, 2.75) is 52.0 Å². The van der Waals surface area contributed by atoms with Gasteiger partial charge in [0.05, 0.1) is 24.4 Å². The van der Waals surface area contributed by atoms with E-state index in [2.05, 4.69) is 11.8 Å². The van der Waals surface area contributed by atoms with Crippen LogP contribution in [0.5, 0.6) is 11.5 Å². The summed E-state index contributed by atoms with van der Waals surface area (Å²) in [5.41, 5.74) is 8.83. The van der Waals surface area contributed by atoms with Gasteiger partial charge in [-0.05, 0) is 69.0 Å². The van der Waals surface area contributed by atoms with Gasteiger partial charge in [-0.25, -0.2) is 0 Å². The summed E-state index contributed by atoms with van der Waals surface area (Å²) in [5, 5.41) is 0.528. The fourth-order valence-corrected chi connectivity index (χ4v) is 4.43. The molecule has 1 fully saturated rings. The Bertz CT molecular complexity index is 897. The second-order valence-corrected chi connectivity index (χ2v) is 9.24. The number of ether oxygens (including phenoxy) is 2. The number of likely N-dealkylation sites (tertiary alicyclic amines) is 1. The molecule has 3 rings (SSSR count). The predicted molar refractivity (Wildman–Crippen MR) is 138 cm³/mol. The number of carbonyl (C=O) groups excluding carboxylic acids is 1. The average molecular weight is 495 g/mol. The van der Waals surface area contributed by atoms with E-state index in [0.717, 1.165) is 61.8 Å². The van der Waals surface area contributed by atoms with Crippen LogP contribution in [0.15, 0.2) is 36.4 Å². The lowest BCUT2D eigenvalue weighted by Crippen LogP contribution is -2.36. The third-order valence-corrected chi connectivity index (χ3v) is 6.65. The number of hydrogen-bond acceptors (Lipinski definition) is 5. The molecule has 1 unspecified atom stereocenters. The number of hydrogen-bond donors (Lipinski definition) is 1. The molecule has 0 aliphatic carbocycles. The minimum Gasteiger partial charge on any atom is -0.497 e. The number of nitrogens with zero attached hydrogens (tertiary/aromatic N) is 1. The van der Waals surface area contributed by atoms with E-state index in [-0.39, 0.29) is 24.2 Å². The summed E-state index contributed by atoms with van der Waals surface area (Å²) >= 11 is 6.44. The zero-order valence-electron chi connectivity index (χ0n) is 19.8. The number of methoxy groups -OCH3 is 1. The third kappa shape index (κ3) is 7.80. The fraction of sp³-hybridized carbons (Fsp3) is 0.500. The van der Waals surface area contributed by atoms with Crippen molar-refractivity contribution in [2.75, 3.05) is 32.5 Å². The van der Waals surface area contributed by atoms with Crippen LogP contribution in [0.4, 0.5) is 5.69 Å². The summed E-state index contributed by atoms with van der Waals surface area (Å²) in [6, 6.07) is 11.8. The van der Waals surface area contributed by atoms with Gasteiger partial charge in [-0.15, -0.1) is 12.4 Å². The molecule has 1 atom stereocenters. The molecule has 1 aliphatic rings. The van der Waals surface area contributed by atoms with Crippen molar-refractivity contribution in [3.05, 3.63) is 52.5 Å². The lowest BCUT2D eigenvalue weighted by atomic mass is 9.92. The molecule has 2 N–H and O–H groups in total. The van der Waals surface area contributed by atoms with Gasteiger partial charge in [0.2, 0.25) is 0 Å². The Hall–Kier alpha value is -1.95. The number of nitrogen functional groups attached to an aromatic ring is 1. The Kier molecular flexibility index (Phi) is 10.8. The van der Waals surface area contributed by atoms with E-state index < -0.39 is 0 Å². The van der Waals surface area contributed by atoms with Crippen molar-refractivity contribution in [1.82, 2.24) is 4.90 Å². The number of halogens is 2. The molecule has 1 saturated heterocycles.